The summed E-state index contributed by atoms with van der Waals surface area (Å²) in [5.74, 6) is -4.19. The number of nitrogens with two attached hydrogens (primary N) is 1. The molecule has 1 fully saturated rings. The highest BCUT2D eigenvalue weighted by molar-refractivity contribution is 5.92. The number of carboxylic acid groups (broad SMARTS) is 1. The molecule has 0 bridgehead atoms. The maximum atomic E-state index is 12.9. The number of ether oxygens (including phenoxy) is 3. The Bertz CT molecular complexity index is 2000. The minimum absolute atomic E-state index is 0.0734. The van der Waals surface area contributed by atoms with Gasteiger partial charge in [0.1, 0.15) is 48.6 Å². The molecule has 2 aliphatic heterocycles. The molecule has 9 unspecified atom stereocenters. The summed E-state index contributed by atoms with van der Waals surface area (Å²) in [4.78, 5) is 71.5. The smallest absolute Gasteiger partial charge is 0.303 e. The van der Waals surface area contributed by atoms with Crippen LogP contribution in [0.3, 0.4) is 0 Å². The molecule has 1 saturated heterocycles. The highest BCUT2D eigenvalue weighted by atomic mass is 16.7. The predicted molar refractivity (Wildman–Crippen MR) is 227 cm³/mol. The van der Waals surface area contributed by atoms with Gasteiger partial charge in [0, 0.05) is 35.8 Å². The molecule has 20 nitrogen and oxygen atoms in total. The van der Waals surface area contributed by atoms with E-state index in [0.717, 1.165) is 34.5 Å². The lowest BCUT2D eigenvalue weighted by molar-refractivity contribution is -0.672. The number of aliphatic hydroxyl groups is 2. The molecular formula is C43H57N7O13. The number of fused-ring (bicyclic) bond motifs is 2. The first kappa shape index (κ1) is 49.5. The van der Waals surface area contributed by atoms with Crippen molar-refractivity contribution < 1.29 is 58.5 Å². The summed E-state index contributed by atoms with van der Waals surface area (Å²) in [6.07, 6.45) is -6.29. The number of para-hydroxylation sites is 2. The number of hydrazine groups is 1. The van der Waals surface area contributed by atoms with Crippen molar-refractivity contribution in [1.29, 1.82) is 0 Å². The van der Waals surface area contributed by atoms with Crippen LogP contribution in [-0.4, -0.2) is 116 Å². The highest BCUT2D eigenvalue weighted by Crippen LogP contribution is 2.43. The summed E-state index contributed by atoms with van der Waals surface area (Å²) >= 11 is 0. The number of amides is 4. The van der Waals surface area contributed by atoms with E-state index in [-0.39, 0.29) is 30.1 Å². The van der Waals surface area contributed by atoms with Crippen LogP contribution in [0.25, 0.3) is 0 Å². The van der Waals surface area contributed by atoms with Gasteiger partial charge in [0.05, 0.1) is 19.3 Å². The van der Waals surface area contributed by atoms with Crippen molar-refractivity contribution in [3.8, 4) is 0 Å². The lowest BCUT2D eigenvalue weighted by atomic mass is 9.90. The zero-order chi connectivity index (χ0) is 46.4. The van der Waals surface area contributed by atoms with Gasteiger partial charge in [-0.1, -0.05) is 73.7 Å². The van der Waals surface area contributed by atoms with E-state index in [4.69, 9.17) is 25.1 Å². The molecule has 2 aliphatic rings. The lowest BCUT2D eigenvalue weighted by Gasteiger charge is -2.44. The van der Waals surface area contributed by atoms with E-state index in [1.54, 1.807) is 0 Å². The number of nitrogens with zero attached hydrogens (tertiary/aromatic N) is 2. The number of primary amides is 1. The number of carboxylic acids is 1. The van der Waals surface area contributed by atoms with E-state index in [1.807, 2.05) is 92.7 Å². The van der Waals surface area contributed by atoms with Crippen molar-refractivity contribution in [2.24, 2.45) is 5.73 Å². The van der Waals surface area contributed by atoms with Crippen LogP contribution in [-0.2, 0) is 44.8 Å². The second-order valence-corrected chi connectivity index (χ2v) is 15.2. The van der Waals surface area contributed by atoms with Crippen molar-refractivity contribution in [3.05, 3.63) is 106 Å². The molecule has 0 radical (unpaired) electrons. The molecule has 3 aromatic carbocycles. The Morgan fingerprint density at radius 2 is 1.52 bits per heavy atom. The Morgan fingerprint density at radius 1 is 0.937 bits per heavy atom. The number of aliphatic carboxylic acids is 1. The SMILES string of the molecule is CC(=O)NC1C(OCc2ccccc2)OC(CO)C(O)C1OC(C)C(=O)NC(C)C(=O)NC(CCC(=O)O)C(N)=O.CCC(C)N(C1c2ccccc2Nc2ccccc21)[N+](=O)[O-]. The van der Waals surface area contributed by atoms with E-state index >= 15 is 0 Å². The van der Waals surface area contributed by atoms with Gasteiger partial charge in [-0.2, -0.15) is 0 Å². The number of hydrogen-bond donors (Lipinski definition) is 8. The standard InChI is InChI=1S/C26H38N4O11.C17H19N3O2/c1-13(24(37)30-17(23(27)36)9-10-19(33)34)28-25(38)14(2)40-22-20(29-15(3)32)26(41-18(11-31)21(22)35)39-12-16-7-5-4-6-8-16;1-3-12(2)19(20(21)22)17-13-8-4-6-10-15(13)18-16-11-7-5-9-14(16)17/h4-8,13-14,17-18,20-22,26,31,35H,9-12H2,1-3H3,(H2,27,36)(H,28,38)(H,29,32)(H,30,37)(H,33,34);4-12,17-18H,3H2,1-2H3. The molecule has 9 N–H and O–H groups in total. The van der Waals surface area contributed by atoms with Gasteiger partial charge >= 0.3 is 5.97 Å². The molecule has 3 aromatic rings. The van der Waals surface area contributed by atoms with Crippen molar-refractivity contribution in [2.45, 2.75) is 121 Å². The minimum atomic E-state index is -1.48. The Hall–Kier alpha value is -6.19. The zero-order valence-electron chi connectivity index (χ0n) is 35.7. The Balaban J connectivity index is 0.000000329. The summed E-state index contributed by atoms with van der Waals surface area (Å²) in [5, 5.41) is 53.0. The lowest BCUT2D eigenvalue weighted by Crippen LogP contribution is -2.66. The molecule has 342 valence electrons. The second kappa shape index (κ2) is 23.3. The Kier molecular flexibility index (Phi) is 18.3. The number of hydrogen-bond acceptors (Lipinski definition) is 13. The molecule has 4 amide bonds. The number of benzene rings is 3. The summed E-state index contributed by atoms with van der Waals surface area (Å²) in [6.45, 7) is 7.25. The molecule has 0 spiro atoms. The molecule has 2 heterocycles. The summed E-state index contributed by atoms with van der Waals surface area (Å²) < 4.78 is 17.4. The first-order valence-corrected chi connectivity index (χ1v) is 20.5. The molecule has 0 saturated carbocycles. The number of rotatable bonds is 19. The molecule has 0 aliphatic carbocycles. The third kappa shape index (κ3) is 13.4. The van der Waals surface area contributed by atoms with Gasteiger partial charge in [-0.15, -0.1) is 5.01 Å². The van der Waals surface area contributed by atoms with Gasteiger partial charge in [0.2, 0.25) is 23.6 Å². The number of nitro groups is 1. The first-order chi connectivity index (χ1) is 30.0. The van der Waals surface area contributed by atoms with Crippen LogP contribution in [0.4, 0.5) is 11.4 Å². The highest BCUT2D eigenvalue weighted by Gasteiger charge is 2.48. The van der Waals surface area contributed by atoms with E-state index in [9.17, 15) is 44.3 Å². The average molecular weight is 880 g/mol. The number of carbonyl (C=O) groups excluding carboxylic acids is 4. The predicted octanol–water partition coefficient (Wildman–Crippen LogP) is 2.02. The molecule has 63 heavy (non-hydrogen) atoms. The number of anilines is 2. The summed E-state index contributed by atoms with van der Waals surface area (Å²) in [5.41, 5.74) is 9.77. The van der Waals surface area contributed by atoms with Crippen LogP contribution < -0.4 is 27.0 Å². The van der Waals surface area contributed by atoms with E-state index < -0.39 is 91.5 Å². The fourth-order valence-electron chi connectivity index (χ4n) is 7.05. The minimum Gasteiger partial charge on any atom is -0.481 e. The van der Waals surface area contributed by atoms with Crippen molar-refractivity contribution in [2.75, 3.05) is 11.9 Å². The van der Waals surface area contributed by atoms with Crippen molar-refractivity contribution >= 4 is 41.0 Å². The van der Waals surface area contributed by atoms with Crippen LogP contribution in [0.1, 0.15) is 76.6 Å². The van der Waals surface area contributed by atoms with Gasteiger partial charge in [-0.05, 0) is 51.3 Å². The van der Waals surface area contributed by atoms with Gasteiger partial charge in [-0.3, -0.25) is 24.0 Å². The van der Waals surface area contributed by atoms with Crippen LogP contribution >= 0.6 is 0 Å². The largest absolute Gasteiger partial charge is 0.481 e. The summed E-state index contributed by atoms with van der Waals surface area (Å²) in [6, 6.07) is 20.6. The maximum absolute atomic E-state index is 12.9. The number of carbonyl (C=O) groups is 5. The monoisotopic (exact) mass is 879 g/mol. The quantitative estimate of drug-likeness (QED) is 0.0631. The van der Waals surface area contributed by atoms with E-state index in [0.29, 0.717) is 0 Å². The Morgan fingerprint density at radius 3 is 2.05 bits per heavy atom. The van der Waals surface area contributed by atoms with Crippen LogP contribution in [0.2, 0.25) is 0 Å². The fraction of sp³-hybridized carbons (Fsp3) is 0.465. The topological polar surface area (TPSA) is 294 Å². The van der Waals surface area contributed by atoms with Gasteiger partial charge < -0.3 is 56.5 Å². The molecular weight excluding hydrogens is 823 g/mol. The van der Waals surface area contributed by atoms with Crippen molar-refractivity contribution in [1.82, 2.24) is 21.0 Å². The first-order valence-electron chi connectivity index (χ1n) is 20.5. The van der Waals surface area contributed by atoms with Crippen LogP contribution in [0, 0.1) is 10.1 Å². The second-order valence-electron chi connectivity index (χ2n) is 15.2. The molecule has 20 heteroatoms. The number of aliphatic hydroxyl groups excluding tert-OH is 2. The molecule has 0 aromatic heterocycles. The third-order valence-electron chi connectivity index (χ3n) is 10.5. The van der Waals surface area contributed by atoms with Crippen LogP contribution in [0.15, 0.2) is 78.9 Å². The fourth-order valence-corrected chi connectivity index (χ4v) is 7.05. The van der Waals surface area contributed by atoms with Gasteiger partial charge in [0.25, 0.3) is 0 Å². The molecule has 9 atom stereocenters. The van der Waals surface area contributed by atoms with E-state index in [1.165, 1.54) is 25.8 Å². The molecule has 5 rings (SSSR count). The third-order valence-corrected chi connectivity index (χ3v) is 10.5. The van der Waals surface area contributed by atoms with Gasteiger partial charge in [0.15, 0.2) is 11.3 Å². The Labute approximate surface area is 364 Å². The zero-order valence-corrected chi connectivity index (χ0v) is 35.7. The van der Waals surface area contributed by atoms with Crippen LogP contribution in [0.5, 0.6) is 0 Å². The normalized spacial score (nSPS) is 20.9. The summed E-state index contributed by atoms with van der Waals surface area (Å²) in [7, 11) is 0. The van der Waals surface area contributed by atoms with Gasteiger partial charge in [-0.25, -0.2) is 10.1 Å². The average Bonchev–Trinajstić information content (AvgIpc) is 3.25. The van der Waals surface area contributed by atoms with E-state index in [2.05, 4.69) is 21.3 Å². The number of nitrogens with one attached hydrogen (secondary N) is 4. The maximum Gasteiger partial charge on any atom is 0.303 e. The van der Waals surface area contributed by atoms with Crippen molar-refractivity contribution in [3.63, 3.8) is 0 Å².